The molecule has 0 unspecified atom stereocenters. The lowest BCUT2D eigenvalue weighted by molar-refractivity contribution is -0.147. The number of carbonyl (C=O) groups excluding carboxylic acids is 1. The third kappa shape index (κ3) is 8.36. The summed E-state index contributed by atoms with van der Waals surface area (Å²) in [6.07, 6.45) is 0.440. The highest BCUT2D eigenvalue weighted by Crippen LogP contribution is 2.26. The highest BCUT2D eigenvalue weighted by atomic mass is 35.5. The first kappa shape index (κ1) is 28.3. The zero-order valence-electron chi connectivity index (χ0n) is 18.6. The first-order chi connectivity index (χ1) is 16.5. The van der Waals surface area contributed by atoms with Crippen LogP contribution in [-0.4, -0.2) is 60.7 Å². The van der Waals surface area contributed by atoms with E-state index in [1.807, 2.05) is 0 Å². The number of ether oxygens (including phenoxy) is 1. The molecule has 1 amide bonds. The maximum absolute atomic E-state index is 11.0. The Morgan fingerprint density at radius 1 is 1.14 bits per heavy atom. The van der Waals surface area contributed by atoms with E-state index in [1.165, 1.54) is 11.8 Å². The molecule has 2 atom stereocenters. The molecule has 2 aromatic rings. The second kappa shape index (κ2) is 13.2. The summed E-state index contributed by atoms with van der Waals surface area (Å²) in [5.74, 6) is -1.74. The smallest absolute Gasteiger partial charge is 0.326 e. The van der Waals surface area contributed by atoms with Crippen molar-refractivity contribution in [2.24, 2.45) is 5.73 Å². The quantitative estimate of drug-likeness (QED) is 0.452. The van der Waals surface area contributed by atoms with Crippen molar-refractivity contribution in [3.8, 4) is 5.75 Å². The summed E-state index contributed by atoms with van der Waals surface area (Å²) in [5, 5.41) is 18.6. The maximum atomic E-state index is 11.0. The highest BCUT2D eigenvalue weighted by Gasteiger charge is 2.35. The van der Waals surface area contributed by atoms with Crippen molar-refractivity contribution in [3.05, 3.63) is 63.6 Å². The minimum absolute atomic E-state index is 0.167. The van der Waals surface area contributed by atoms with Gasteiger partial charge in [0, 0.05) is 33.8 Å². The Kier molecular flexibility index (Phi) is 10.7. The minimum atomic E-state index is -1.06. The number of hydrogen-bond donors (Lipinski definition) is 3. The van der Waals surface area contributed by atoms with Gasteiger partial charge in [-0.3, -0.25) is 9.59 Å². The molecule has 0 radical (unpaired) electrons. The van der Waals surface area contributed by atoms with Crippen molar-refractivity contribution in [1.82, 2.24) is 4.90 Å². The number of hydrogen-bond acceptors (Lipinski definition) is 6. The Hall–Kier alpha value is -2.92. The molecule has 0 saturated carbocycles. The standard InChI is InChI=1S/C16H15Cl2NO3.C7H9NO4S/c17-13-2-1-3-14(18)12(13)9-22-11-6-4-10(5-7-11)8-15(19)16(20)21;1-4(9)8-3-5(13-12)2-6(8)7(10)11/h1-7,15H,8-9,19H2,(H,20,21);6H,2-3H2,1H3,(H,10,11)/t15-;6-/m00/s1. The molecule has 0 bridgehead atoms. The fourth-order valence-corrected chi connectivity index (χ4v) is 4.12. The van der Waals surface area contributed by atoms with E-state index < -0.39 is 24.0 Å². The lowest BCUT2D eigenvalue weighted by Crippen LogP contribution is -2.39. The first-order valence-corrected chi connectivity index (χ1v) is 11.8. The van der Waals surface area contributed by atoms with E-state index in [9.17, 15) is 18.6 Å². The molecule has 12 heteroatoms. The van der Waals surface area contributed by atoms with E-state index >= 15 is 0 Å². The van der Waals surface area contributed by atoms with Gasteiger partial charge < -0.3 is 25.6 Å². The second-order valence-electron chi connectivity index (χ2n) is 7.61. The van der Waals surface area contributed by atoms with E-state index in [-0.39, 0.29) is 43.2 Å². The van der Waals surface area contributed by atoms with Gasteiger partial charge in [0.1, 0.15) is 24.4 Å². The zero-order chi connectivity index (χ0) is 26.1. The Balaban J connectivity index is 0.000000283. The van der Waals surface area contributed by atoms with Gasteiger partial charge in [-0.1, -0.05) is 41.4 Å². The molecule has 0 spiro atoms. The number of amides is 1. The predicted octanol–water partition coefficient (Wildman–Crippen LogP) is 2.60. The van der Waals surface area contributed by atoms with E-state index in [0.29, 0.717) is 20.7 Å². The SMILES string of the molecule is CC(=O)N1CC(=S=O)C[C@H]1C(=O)O.N[C@@H](Cc1ccc(OCc2c(Cl)cccc2Cl)cc1)C(=O)O. The average Bonchev–Trinajstić information content (AvgIpc) is 3.26. The Bertz CT molecular complexity index is 1090. The molecule has 4 N–H and O–H groups in total. The molecule has 1 heterocycles. The third-order valence-electron chi connectivity index (χ3n) is 5.09. The van der Waals surface area contributed by atoms with Crippen LogP contribution < -0.4 is 10.5 Å². The lowest BCUT2D eigenvalue weighted by atomic mass is 10.1. The number of carboxylic acids is 2. The lowest BCUT2D eigenvalue weighted by Gasteiger charge is -2.18. The van der Waals surface area contributed by atoms with Crippen LogP contribution in [-0.2, 0) is 38.7 Å². The molecule has 3 rings (SSSR count). The molecular formula is C23H24Cl2N2O7S. The molecule has 0 aromatic heterocycles. The molecule has 1 aliphatic heterocycles. The summed E-state index contributed by atoms with van der Waals surface area (Å²) in [6, 6.07) is 10.6. The third-order valence-corrected chi connectivity index (χ3v) is 6.33. The Morgan fingerprint density at radius 3 is 2.20 bits per heavy atom. The Morgan fingerprint density at radius 2 is 1.74 bits per heavy atom. The summed E-state index contributed by atoms with van der Waals surface area (Å²) in [4.78, 5) is 34.0. The van der Waals surface area contributed by atoms with Crippen LogP contribution in [0.2, 0.25) is 10.0 Å². The number of nitrogens with two attached hydrogens (primary N) is 1. The average molecular weight is 543 g/mol. The van der Waals surface area contributed by atoms with Gasteiger partial charge in [0.2, 0.25) is 5.91 Å². The van der Waals surface area contributed by atoms with Crippen molar-refractivity contribution in [2.45, 2.75) is 38.5 Å². The van der Waals surface area contributed by atoms with Crippen LogP contribution in [0.4, 0.5) is 0 Å². The highest BCUT2D eigenvalue weighted by molar-refractivity contribution is 7.66. The van der Waals surface area contributed by atoms with Crippen LogP contribution in [0.5, 0.6) is 5.75 Å². The molecule has 9 nitrogen and oxygen atoms in total. The number of likely N-dealkylation sites (tertiary alicyclic amines) is 1. The number of carboxylic acid groups (broad SMARTS) is 2. The van der Waals surface area contributed by atoms with E-state index in [4.69, 9.17) is 43.9 Å². The van der Waals surface area contributed by atoms with Gasteiger partial charge in [-0.25, -0.2) is 9.00 Å². The normalized spacial score (nSPS) is 15.6. The fourth-order valence-electron chi connectivity index (χ4n) is 3.19. The number of halogens is 2. The molecule has 35 heavy (non-hydrogen) atoms. The van der Waals surface area contributed by atoms with E-state index in [0.717, 1.165) is 11.1 Å². The number of benzene rings is 2. The number of carbonyl (C=O) groups is 3. The molecule has 1 fully saturated rings. The summed E-state index contributed by atoms with van der Waals surface area (Å²) in [5.41, 5.74) is 7.05. The first-order valence-electron chi connectivity index (χ1n) is 10.3. The van der Waals surface area contributed by atoms with Crippen molar-refractivity contribution in [3.63, 3.8) is 0 Å². The van der Waals surface area contributed by atoms with Gasteiger partial charge >= 0.3 is 11.9 Å². The fraction of sp³-hybridized carbons (Fsp3) is 0.304. The van der Waals surface area contributed by atoms with Crippen LogP contribution in [0, 0.1) is 0 Å². The molecule has 188 valence electrons. The summed E-state index contributed by atoms with van der Waals surface area (Å²) >= 11 is 12.4. The summed E-state index contributed by atoms with van der Waals surface area (Å²) in [7, 11) is 0. The van der Waals surface area contributed by atoms with Gasteiger partial charge in [0.25, 0.3) is 0 Å². The van der Waals surface area contributed by atoms with Gasteiger partial charge in [-0.15, -0.1) is 0 Å². The predicted molar refractivity (Wildman–Crippen MR) is 133 cm³/mol. The number of aliphatic carboxylic acids is 2. The molecular weight excluding hydrogens is 519 g/mol. The topological polar surface area (TPSA) is 147 Å². The number of rotatable bonds is 7. The van der Waals surface area contributed by atoms with Crippen molar-refractivity contribution in [2.75, 3.05) is 6.54 Å². The van der Waals surface area contributed by atoms with Crippen molar-refractivity contribution < 1.29 is 33.5 Å². The van der Waals surface area contributed by atoms with Gasteiger partial charge in [0.15, 0.2) is 0 Å². The van der Waals surface area contributed by atoms with Crippen molar-refractivity contribution in [1.29, 1.82) is 0 Å². The van der Waals surface area contributed by atoms with Crippen LogP contribution in [0.15, 0.2) is 42.5 Å². The second-order valence-corrected chi connectivity index (χ2v) is 9.17. The van der Waals surface area contributed by atoms with Crippen LogP contribution in [0.25, 0.3) is 0 Å². The van der Waals surface area contributed by atoms with Crippen LogP contribution in [0.1, 0.15) is 24.5 Å². The maximum Gasteiger partial charge on any atom is 0.326 e. The Labute approximate surface area is 215 Å². The molecule has 1 aliphatic rings. The van der Waals surface area contributed by atoms with Crippen LogP contribution >= 0.6 is 23.2 Å². The molecule has 1 saturated heterocycles. The van der Waals surface area contributed by atoms with Crippen molar-refractivity contribution >= 4 is 57.2 Å². The van der Waals surface area contributed by atoms with E-state index in [2.05, 4.69) is 0 Å². The van der Waals surface area contributed by atoms with Crippen LogP contribution in [0.3, 0.4) is 0 Å². The minimum Gasteiger partial charge on any atom is -0.489 e. The molecule has 0 aliphatic carbocycles. The molecule has 2 aromatic carbocycles. The monoisotopic (exact) mass is 542 g/mol. The van der Waals surface area contributed by atoms with E-state index in [1.54, 1.807) is 42.5 Å². The van der Waals surface area contributed by atoms with Gasteiger partial charge in [0.05, 0.1) is 17.8 Å². The number of nitrogens with zero attached hydrogens (tertiary/aromatic N) is 1. The summed E-state index contributed by atoms with van der Waals surface area (Å²) in [6.45, 7) is 1.72. The zero-order valence-corrected chi connectivity index (χ0v) is 21.0. The summed E-state index contributed by atoms with van der Waals surface area (Å²) < 4.78 is 16.1. The largest absolute Gasteiger partial charge is 0.489 e. The van der Waals surface area contributed by atoms with Gasteiger partial charge in [-0.2, -0.15) is 0 Å². The van der Waals surface area contributed by atoms with Gasteiger partial charge in [-0.05, 0) is 36.2 Å².